The van der Waals surface area contributed by atoms with Gasteiger partial charge in [-0.3, -0.25) is 9.59 Å². The number of aromatic amines is 1. The van der Waals surface area contributed by atoms with E-state index in [1.54, 1.807) is 18.2 Å². The second-order valence-corrected chi connectivity index (χ2v) is 4.24. The molecule has 0 bridgehead atoms. The smallest absolute Gasteiger partial charge is 0.272 e. The molecule has 0 aliphatic rings. The molecule has 20 heavy (non-hydrogen) atoms. The van der Waals surface area contributed by atoms with Crippen molar-refractivity contribution in [1.29, 1.82) is 0 Å². The van der Waals surface area contributed by atoms with Crippen LogP contribution in [-0.4, -0.2) is 22.6 Å². The average molecular weight is 288 g/mol. The highest BCUT2D eigenvalue weighted by atomic mass is 35.5. The van der Waals surface area contributed by atoms with Crippen molar-refractivity contribution in [3.8, 4) is 11.8 Å². The third-order valence-electron chi connectivity index (χ3n) is 2.31. The molecule has 0 unspecified atom stereocenters. The maximum Gasteiger partial charge on any atom is 0.272 e. The van der Waals surface area contributed by atoms with Crippen LogP contribution in [0.15, 0.2) is 41.2 Å². The summed E-state index contributed by atoms with van der Waals surface area (Å²) in [5.74, 6) is 5.27. The van der Waals surface area contributed by atoms with Gasteiger partial charge in [0.15, 0.2) is 0 Å². The summed E-state index contributed by atoms with van der Waals surface area (Å²) >= 11 is 5.83. The third-order valence-corrected chi connectivity index (χ3v) is 2.54. The summed E-state index contributed by atoms with van der Waals surface area (Å²) in [7, 11) is 0. The summed E-state index contributed by atoms with van der Waals surface area (Å²) in [6, 6.07) is 9.70. The minimum Gasteiger partial charge on any atom is -0.340 e. The lowest BCUT2D eigenvalue weighted by Gasteiger charge is -1.98. The number of nitrogens with zero attached hydrogens (tertiary/aromatic N) is 1. The fourth-order valence-electron chi connectivity index (χ4n) is 1.40. The van der Waals surface area contributed by atoms with Gasteiger partial charge >= 0.3 is 0 Å². The predicted molar refractivity (Wildman–Crippen MR) is 75.5 cm³/mol. The Morgan fingerprint density at radius 1 is 1.35 bits per heavy atom. The van der Waals surface area contributed by atoms with Gasteiger partial charge < -0.3 is 5.32 Å². The van der Waals surface area contributed by atoms with Gasteiger partial charge in [-0.1, -0.05) is 29.5 Å². The number of halogens is 1. The number of nitrogens with one attached hydrogen (secondary N) is 2. The van der Waals surface area contributed by atoms with Crippen molar-refractivity contribution in [2.45, 2.75) is 0 Å². The Bertz CT molecular complexity index is 723. The summed E-state index contributed by atoms with van der Waals surface area (Å²) in [6.45, 7) is 0.173. The van der Waals surface area contributed by atoms with Crippen LogP contribution in [0.2, 0.25) is 5.02 Å². The van der Waals surface area contributed by atoms with Crippen LogP contribution in [0, 0.1) is 11.8 Å². The average Bonchev–Trinajstić information content (AvgIpc) is 2.44. The molecule has 2 rings (SSSR count). The second kappa shape index (κ2) is 6.55. The molecular formula is C14H10ClN3O2. The molecule has 5 nitrogen and oxygen atoms in total. The number of hydrogen-bond acceptors (Lipinski definition) is 3. The maximum atomic E-state index is 11.6. The van der Waals surface area contributed by atoms with E-state index in [1.807, 2.05) is 6.07 Å². The third kappa shape index (κ3) is 3.97. The van der Waals surface area contributed by atoms with Crippen LogP contribution in [0.1, 0.15) is 16.1 Å². The Balaban J connectivity index is 1.92. The molecule has 0 aliphatic heterocycles. The summed E-state index contributed by atoms with van der Waals surface area (Å²) in [5, 5.41) is 8.98. The number of aromatic nitrogens is 2. The second-order valence-electron chi connectivity index (χ2n) is 3.80. The molecule has 0 fully saturated rings. The number of carbonyl (C=O) groups excluding carboxylic acids is 1. The molecule has 2 aromatic rings. The summed E-state index contributed by atoms with van der Waals surface area (Å²) < 4.78 is 0. The molecule has 1 amide bonds. The minimum absolute atomic E-state index is 0.133. The highest BCUT2D eigenvalue weighted by Crippen LogP contribution is 2.09. The van der Waals surface area contributed by atoms with E-state index in [0.29, 0.717) is 5.02 Å². The zero-order valence-corrected chi connectivity index (χ0v) is 11.1. The first-order chi connectivity index (χ1) is 9.65. The normalized spacial score (nSPS) is 9.45. The molecule has 0 radical (unpaired) electrons. The van der Waals surface area contributed by atoms with Crippen LogP contribution in [-0.2, 0) is 0 Å². The first-order valence-electron chi connectivity index (χ1n) is 5.73. The lowest BCUT2D eigenvalue weighted by atomic mass is 10.2. The van der Waals surface area contributed by atoms with Crippen LogP contribution >= 0.6 is 11.6 Å². The first-order valence-corrected chi connectivity index (χ1v) is 6.11. The fourth-order valence-corrected chi connectivity index (χ4v) is 1.59. The fraction of sp³-hybridized carbons (Fsp3) is 0.0714. The topological polar surface area (TPSA) is 74.8 Å². The number of rotatable bonds is 2. The molecule has 0 saturated heterocycles. The van der Waals surface area contributed by atoms with E-state index in [2.05, 4.69) is 27.4 Å². The molecule has 0 spiro atoms. The van der Waals surface area contributed by atoms with E-state index in [4.69, 9.17) is 11.6 Å². The molecule has 1 aromatic carbocycles. The summed E-state index contributed by atoms with van der Waals surface area (Å²) in [4.78, 5) is 22.4. The Labute approximate surface area is 120 Å². The van der Waals surface area contributed by atoms with E-state index < -0.39 is 5.91 Å². The van der Waals surface area contributed by atoms with Crippen LogP contribution < -0.4 is 10.9 Å². The van der Waals surface area contributed by atoms with Gasteiger partial charge in [-0.15, -0.1) is 0 Å². The van der Waals surface area contributed by atoms with Crippen molar-refractivity contribution in [3.63, 3.8) is 0 Å². The molecule has 1 aromatic heterocycles. The molecule has 0 saturated carbocycles. The van der Waals surface area contributed by atoms with Crippen molar-refractivity contribution < 1.29 is 4.79 Å². The van der Waals surface area contributed by atoms with Gasteiger partial charge in [-0.2, -0.15) is 5.10 Å². The van der Waals surface area contributed by atoms with Gasteiger partial charge in [-0.25, -0.2) is 5.10 Å². The molecule has 100 valence electrons. The Hall–Kier alpha value is -2.58. The number of H-pyrrole nitrogens is 1. The monoisotopic (exact) mass is 287 g/mol. The molecule has 0 atom stereocenters. The van der Waals surface area contributed by atoms with Crippen molar-refractivity contribution in [1.82, 2.24) is 15.5 Å². The Morgan fingerprint density at radius 2 is 2.20 bits per heavy atom. The van der Waals surface area contributed by atoms with Crippen LogP contribution in [0.25, 0.3) is 0 Å². The maximum absolute atomic E-state index is 11.6. The lowest BCUT2D eigenvalue weighted by Crippen LogP contribution is -2.26. The molecule has 2 N–H and O–H groups in total. The van der Waals surface area contributed by atoms with E-state index in [9.17, 15) is 9.59 Å². The quantitative estimate of drug-likeness (QED) is 0.815. The number of amides is 1. The predicted octanol–water partition coefficient (Wildman–Crippen LogP) is 1.20. The van der Waals surface area contributed by atoms with Gasteiger partial charge in [0, 0.05) is 16.7 Å². The Morgan fingerprint density at radius 3 is 2.90 bits per heavy atom. The zero-order valence-electron chi connectivity index (χ0n) is 10.3. The summed E-state index contributed by atoms with van der Waals surface area (Å²) in [5.41, 5.74) is 0.547. The molecule has 6 heteroatoms. The standard InChI is InChI=1S/C14H10ClN3O2/c15-11-5-1-3-10(9-11)4-2-8-16-14(20)12-6-7-13(19)18-17-12/h1,3,5-7,9H,8H2,(H,16,20)(H,18,19). The lowest BCUT2D eigenvalue weighted by molar-refractivity contribution is 0.0952. The van der Waals surface area contributed by atoms with E-state index in [0.717, 1.165) is 5.56 Å². The largest absolute Gasteiger partial charge is 0.340 e. The van der Waals surface area contributed by atoms with Crippen molar-refractivity contribution in [2.24, 2.45) is 0 Å². The number of benzene rings is 1. The molecule has 0 aliphatic carbocycles. The highest BCUT2D eigenvalue weighted by molar-refractivity contribution is 6.30. The van der Waals surface area contributed by atoms with E-state index in [-0.39, 0.29) is 17.8 Å². The van der Waals surface area contributed by atoms with Gasteiger partial charge in [0.05, 0.1) is 6.54 Å². The SMILES string of the molecule is O=C(NCC#Cc1cccc(Cl)c1)c1ccc(=O)[nH]n1. The first kappa shape index (κ1) is 13.8. The molecule has 1 heterocycles. The van der Waals surface area contributed by atoms with Crippen molar-refractivity contribution >= 4 is 17.5 Å². The van der Waals surface area contributed by atoms with E-state index >= 15 is 0 Å². The van der Waals surface area contributed by atoms with Crippen LogP contribution in [0.5, 0.6) is 0 Å². The number of hydrogen-bond donors (Lipinski definition) is 2. The van der Waals surface area contributed by atoms with Crippen molar-refractivity contribution in [3.05, 3.63) is 63.0 Å². The van der Waals surface area contributed by atoms with Crippen molar-refractivity contribution in [2.75, 3.05) is 6.54 Å². The summed E-state index contributed by atoms with van der Waals surface area (Å²) in [6.07, 6.45) is 0. The minimum atomic E-state index is -0.401. The zero-order chi connectivity index (χ0) is 14.4. The van der Waals surface area contributed by atoms with E-state index in [1.165, 1.54) is 12.1 Å². The number of carbonyl (C=O) groups is 1. The van der Waals surface area contributed by atoms with Gasteiger partial charge in [0.2, 0.25) is 0 Å². The molecular weight excluding hydrogens is 278 g/mol. The van der Waals surface area contributed by atoms with Gasteiger partial charge in [0.25, 0.3) is 11.5 Å². The highest BCUT2D eigenvalue weighted by Gasteiger charge is 2.04. The van der Waals surface area contributed by atoms with Gasteiger partial charge in [0.1, 0.15) is 5.69 Å². The van der Waals surface area contributed by atoms with Crippen LogP contribution in [0.4, 0.5) is 0 Å². The van der Waals surface area contributed by atoms with Crippen LogP contribution in [0.3, 0.4) is 0 Å². The Kier molecular flexibility index (Phi) is 4.53. The van der Waals surface area contributed by atoms with Gasteiger partial charge in [-0.05, 0) is 24.3 Å².